The molecule has 0 bridgehead atoms. The summed E-state index contributed by atoms with van der Waals surface area (Å²) in [6.07, 6.45) is 0.910. The number of esters is 1. The van der Waals surface area contributed by atoms with Gasteiger partial charge in [-0.25, -0.2) is 4.79 Å². The van der Waals surface area contributed by atoms with E-state index < -0.39 is 11.9 Å². The number of hydrogen-bond acceptors (Lipinski definition) is 6. The molecule has 0 radical (unpaired) electrons. The maximum Gasteiger partial charge on any atom is 0.342 e. The Morgan fingerprint density at radius 2 is 1.74 bits per heavy atom. The normalized spacial score (nSPS) is 20.2. The summed E-state index contributed by atoms with van der Waals surface area (Å²) < 4.78 is 16.8. The van der Waals surface area contributed by atoms with E-state index in [2.05, 4.69) is 5.32 Å². The van der Waals surface area contributed by atoms with Gasteiger partial charge in [-0.1, -0.05) is 53.5 Å². The molecule has 2 aliphatic heterocycles. The maximum absolute atomic E-state index is 13.8. The average molecular weight is 548 g/mol. The predicted molar refractivity (Wildman–Crippen MR) is 144 cm³/mol. The standard InChI is InChI=1S/C30H23Cl2NO5/c1-16-26(30(35)38-21-5-3-2-4-6-21)27(19-11-22(32)29-25(14-19)36-15-37-29)28-23(33-16)12-18(13-24(28)34)17-7-9-20(31)10-8-17/h2-11,14,18,27,33H,12-13,15H2,1H3. The minimum Gasteiger partial charge on any atom is -0.454 e. The van der Waals surface area contributed by atoms with Crippen LogP contribution in [-0.2, 0) is 9.59 Å². The molecule has 0 saturated carbocycles. The first-order valence-electron chi connectivity index (χ1n) is 12.2. The van der Waals surface area contributed by atoms with Crippen molar-refractivity contribution in [2.45, 2.75) is 31.6 Å². The summed E-state index contributed by atoms with van der Waals surface area (Å²) >= 11 is 12.6. The van der Waals surface area contributed by atoms with Gasteiger partial charge in [0, 0.05) is 34.3 Å². The van der Waals surface area contributed by atoms with Gasteiger partial charge in [-0.2, -0.15) is 0 Å². The Hall–Kier alpha value is -3.74. The highest BCUT2D eigenvalue weighted by molar-refractivity contribution is 6.32. The van der Waals surface area contributed by atoms with Crippen LogP contribution >= 0.6 is 23.2 Å². The van der Waals surface area contributed by atoms with E-state index in [-0.39, 0.29) is 18.5 Å². The van der Waals surface area contributed by atoms with Crippen molar-refractivity contribution >= 4 is 35.0 Å². The Kier molecular flexibility index (Phi) is 6.38. The molecule has 3 aliphatic rings. The van der Waals surface area contributed by atoms with Gasteiger partial charge in [0.1, 0.15) is 5.75 Å². The molecule has 0 saturated heterocycles. The molecule has 6 nitrogen and oxygen atoms in total. The monoisotopic (exact) mass is 547 g/mol. The first-order valence-corrected chi connectivity index (χ1v) is 13.0. The van der Waals surface area contributed by atoms with Crippen LogP contribution in [-0.4, -0.2) is 18.5 Å². The molecule has 0 spiro atoms. The van der Waals surface area contributed by atoms with Crippen LogP contribution in [0.3, 0.4) is 0 Å². The van der Waals surface area contributed by atoms with Crippen LogP contribution in [0.15, 0.2) is 89.3 Å². The van der Waals surface area contributed by atoms with Crippen molar-refractivity contribution in [2.75, 3.05) is 6.79 Å². The molecule has 2 unspecified atom stereocenters. The van der Waals surface area contributed by atoms with Gasteiger partial charge >= 0.3 is 5.97 Å². The topological polar surface area (TPSA) is 73.9 Å². The Labute approximate surface area is 229 Å². The molecule has 2 heterocycles. The number of carbonyl (C=O) groups is 2. The number of para-hydroxylation sites is 1. The zero-order chi connectivity index (χ0) is 26.4. The second-order valence-corrected chi connectivity index (χ2v) is 10.4. The smallest absolute Gasteiger partial charge is 0.342 e. The molecule has 0 aromatic heterocycles. The van der Waals surface area contributed by atoms with E-state index in [1.165, 1.54) is 0 Å². The molecule has 0 fully saturated rings. The number of rotatable bonds is 4. The van der Waals surface area contributed by atoms with Gasteiger partial charge in [-0.3, -0.25) is 4.79 Å². The Balaban J connectivity index is 1.44. The predicted octanol–water partition coefficient (Wildman–Crippen LogP) is 6.69. The van der Waals surface area contributed by atoms with Gasteiger partial charge in [0.2, 0.25) is 6.79 Å². The Morgan fingerprint density at radius 1 is 0.974 bits per heavy atom. The van der Waals surface area contributed by atoms with Crippen molar-refractivity contribution in [3.05, 3.63) is 110 Å². The summed E-state index contributed by atoms with van der Waals surface area (Å²) in [4.78, 5) is 27.5. The highest BCUT2D eigenvalue weighted by atomic mass is 35.5. The lowest BCUT2D eigenvalue weighted by molar-refractivity contribution is -0.130. The average Bonchev–Trinajstić information content (AvgIpc) is 3.38. The van der Waals surface area contributed by atoms with Crippen LogP contribution in [0.25, 0.3) is 0 Å². The molecule has 1 N–H and O–H groups in total. The fraction of sp³-hybridized carbons (Fsp3) is 0.200. The lowest BCUT2D eigenvalue weighted by Crippen LogP contribution is -2.36. The summed E-state index contributed by atoms with van der Waals surface area (Å²) in [6, 6.07) is 19.9. The molecule has 2 atom stereocenters. The number of allylic oxidation sites excluding steroid dienone is 3. The molecule has 6 rings (SSSR count). The lowest BCUT2D eigenvalue weighted by Gasteiger charge is -2.36. The second kappa shape index (κ2) is 9.86. The number of dihydropyridines is 1. The van der Waals surface area contributed by atoms with Gasteiger partial charge in [0.05, 0.1) is 10.6 Å². The van der Waals surface area contributed by atoms with E-state index in [4.69, 9.17) is 37.4 Å². The largest absolute Gasteiger partial charge is 0.454 e. The zero-order valence-electron chi connectivity index (χ0n) is 20.4. The molecule has 38 heavy (non-hydrogen) atoms. The number of carbonyl (C=O) groups excluding carboxylic acids is 2. The van der Waals surface area contributed by atoms with E-state index in [0.29, 0.717) is 62.5 Å². The van der Waals surface area contributed by atoms with Crippen molar-refractivity contribution < 1.29 is 23.8 Å². The number of ketones is 1. The van der Waals surface area contributed by atoms with Gasteiger partial charge < -0.3 is 19.5 Å². The van der Waals surface area contributed by atoms with Gasteiger partial charge in [-0.05, 0) is 66.8 Å². The zero-order valence-corrected chi connectivity index (χ0v) is 21.9. The third kappa shape index (κ3) is 4.44. The number of nitrogens with one attached hydrogen (secondary N) is 1. The van der Waals surface area contributed by atoms with Crippen molar-refractivity contribution in [3.63, 3.8) is 0 Å². The summed E-state index contributed by atoms with van der Waals surface area (Å²) in [5.74, 6) is 0.0482. The molecule has 3 aromatic carbocycles. The highest BCUT2D eigenvalue weighted by Gasteiger charge is 2.42. The van der Waals surface area contributed by atoms with Crippen LogP contribution in [0.1, 0.15) is 42.7 Å². The fourth-order valence-corrected chi connectivity index (χ4v) is 5.82. The van der Waals surface area contributed by atoms with Crippen molar-refractivity contribution in [1.82, 2.24) is 5.32 Å². The third-order valence-corrected chi connectivity index (χ3v) is 7.66. The summed E-state index contributed by atoms with van der Waals surface area (Å²) in [5.41, 5.74) is 3.99. The fourth-order valence-electron chi connectivity index (χ4n) is 5.42. The SMILES string of the molecule is CC1=C(C(=O)Oc2ccccc2)C(c2cc(Cl)c3c(c2)OCO3)C2=C(CC(c3ccc(Cl)cc3)CC2=O)N1. The van der Waals surface area contributed by atoms with Crippen molar-refractivity contribution in [2.24, 2.45) is 0 Å². The van der Waals surface area contributed by atoms with E-state index in [0.717, 1.165) is 11.3 Å². The lowest BCUT2D eigenvalue weighted by atomic mass is 9.71. The molecule has 3 aromatic rings. The molecule has 192 valence electrons. The first-order chi connectivity index (χ1) is 18.4. The molecular weight excluding hydrogens is 525 g/mol. The van der Waals surface area contributed by atoms with E-state index in [1.807, 2.05) is 37.3 Å². The molecule has 8 heteroatoms. The first kappa shape index (κ1) is 24.6. The van der Waals surface area contributed by atoms with Crippen molar-refractivity contribution in [1.29, 1.82) is 0 Å². The second-order valence-electron chi connectivity index (χ2n) is 9.51. The maximum atomic E-state index is 13.8. The van der Waals surface area contributed by atoms with Gasteiger partial charge in [0.25, 0.3) is 0 Å². The van der Waals surface area contributed by atoms with E-state index in [1.54, 1.807) is 36.4 Å². The summed E-state index contributed by atoms with van der Waals surface area (Å²) in [6.45, 7) is 1.88. The number of halogens is 2. The number of hydrogen-bond donors (Lipinski definition) is 1. The molecular formula is C30H23Cl2NO5. The number of ether oxygens (including phenoxy) is 3. The molecule has 0 amide bonds. The highest BCUT2D eigenvalue weighted by Crippen LogP contribution is 2.49. The Bertz CT molecular complexity index is 1510. The number of fused-ring (bicyclic) bond motifs is 1. The van der Waals surface area contributed by atoms with Crippen LogP contribution in [0.2, 0.25) is 10.0 Å². The van der Waals surface area contributed by atoms with Crippen LogP contribution < -0.4 is 19.5 Å². The minimum atomic E-state index is -0.687. The minimum absolute atomic E-state index is 0.0161. The summed E-state index contributed by atoms with van der Waals surface area (Å²) in [5, 5.41) is 4.36. The van der Waals surface area contributed by atoms with Crippen LogP contribution in [0.5, 0.6) is 17.2 Å². The number of Topliss-reactive ketones (excluding diaryl/α,β-unsaturated/α-hetero) is 1. The van der Waals surface area contributed by atoms with Crippen molar-refractivity contribution in [3.8, 4) is 17.2 Å². The summed E-state index contributed by atoms with van der Waals surface area (Å²) in [7, 11) is 0. The number of benzene rings is 3. The van der Waals surface area contributed by atoms with E-state index >= 15 is 0 Å². The molecule has 1 aliphatic carbocycles. The van der Waals surface area contributed by atoms with E-state index in [9.17, 15) is 9.59 Å². The third-order valence-electron chi connectivity index (χ3n) is 7.13. The van der Waals surface area contributed by atoms with Crippen LogP contribution in [0.4, 0.5) is 0 Å². The van der Waals surface area contributed by atoms with Gasteiger partial charge in [0.15, 0.2) is 17.3 Å². The van der Waals surface area contributed by atoms with Crippen LogP contribution in [0, 0.1) is 0 Å². The quantitative estimate of drug-likeness (QED) is 0.289. The Morgan fingerprint density at radius 3 is 2.50 bits per heavy atom. The van der Waals surface area contributed by atoms with Gasteiger partial charge in [-0.15, -0.1) is 0 Å².